The van der Waals surface area contributed by atoms with Gasteiger partial charge in [0.2, 0.25) is 0 Å². The molecular formula is C25H30ClN3O2S. The summed E-state index contributed by atoms with van der Waals surface area (Å²) in [5, 5.41) is 5.87. The van der Waals surface area contributed by atoms with Crippen LogP contribution in [0, 0.1) is 6.92 Å². The second kappa shape index (κ2) is 10.7. The minimum atomic E-state index is -0.00647. The summed E-state index contributed by atoms with van der Waals surface area (Å²) >= 11 is 12.2. The van der Waals surface area contributed by atoms with Crippen LogP contribution in [-0.2, 0) is 4.74 Å². The lowest BCUT2D eigenvalue weighted by molar-refractivity contribution is 0.0365. The van der Waals surface area contributed by atoms with Crippen molar-refractivity contribution in [3.05, 3.63) is 64.9 Å². The van der Waals surface area contributed by atoms with Gasteiger partial charge >= 0.3 is 0 Å². The number of hydrogen-bond donors (Lipinski definition) is 1. The Morgan fingerprint density at radius 2 is 1.97 bits per heavy atom. The first-order chi connectivity index (χ1) is 15.5. The number of hydrogen-bond acceptors (Lipinski definition) is 4. The van der Waals surface area contributed by atoms with Crippen molar-refractivity contribution in [1.82, 2.24) is 9.80 Å². The van der Waals surface area contributed by atoms with E-state index in [9.17, 15) is 0 Å². The van der Waals surface area contributed by atoms with Crippen LogP contribution in [-0.4, -0.2) is 54.3 Å². The molecule has 2 heterocycles. The van der Waals surface area contributed by atoms with Gasteiger partial charge in [0.25, 0.3) is 0 Å². The van der Waals surface area contributed by atoms with Crippen LogP contribution >= 0.6 is 23.8 Å². The van der Waals surface area contributed by atoms with Gasteiger partial charge < -0.3 is 19.4 Å². The number of morpholine rings is 1. The molecule has 0 amide bonds. The second-order valence-electron chi connectivity index (χ2n) is 8.26. The Hall–Kier alpha value is -2.12. The van der Waals surface area contributed by atoms with Crippen molar-refractivity contribution in [2.24, 2.45) is 0 Å². The molecule has 1 saturated heterocycles. The standard InChI is InChI=1S/C25H30ClN3O2S/c1-18-8-9-21(17-22(18)26)27-25(32)29(11-5-10-28-12-14-30-15-13-28)19(2)24-16-20-6-3-4-7-23(20)31-24/h3-4,6-9,16-17,19H,5,10-15H2,1-2H3,(H,27,32)/t19-/m0/s1. The van der Waals surface area contributed by atoms with E-state index in [4.69, 9.17) is 33.0 Å². The number of fused-ring (bicyclic) bond motifs is 1. The summed E-state index contributed by atoms with van der Waals surface area (Å²) in [6, 6.07) is 16.1. The molecule has 2 aromatic carbocycles. The van der Waals surface area contributed by atoms with E-state index in [1.165, 1.54) is 0 Å². The quantitative estimate of drug-likeness (QED) is 0.434. The maximum Gasteiger partial charge on any atom is 0.174 e. The molecule has 0 radical (unpaired) electrons. The highest BCUT2D eigenvalue weighted by atomic mass is 35.5. The number of thiocarbonyl (C=S) groups is 1. The van der Waals surface area contributed by atoms with Crippen LogP contribution < -0.4 is 5.32 Å². The zero-order chi connectivity index (χ0) is 22.5. The van der Waals surface area contributed by atoms with Crippen LogP contribution in [0.15, 0.2) is 52.9 Å². The van der Waals surface area contributed by atoms with Gasteiger partial charge in [0.05, 0.1) is 19.3 Å². The molecule has 0 saturated carbocycles. The van der Waals surface area contributed by atoms with E-state index in [1.807, 2.05) is 43.3 Å². The molecule has 5 nitrogen and oxygen atoms in total. The zero-order valence-electron chi connectivity index (χ0n) is 18.6. The number of ether oxygens (including phenoxy) is 1. The molecule has 170 valence electrons. The normalized spacial score (nSPS) is 15.6. The number of benzene rings is 2. The predicted octanol–water partition coefficient (Wildman–Crippen LogP) is 5.88. The number of furan rings is 1. The molecule has 0 unspecified atom stereocenters. The lowest BCUT2D eigenvalue weighted by atomic mass is 10.2. The number of para-hydroxylation sites is 1. The van der Waals surface area contributed by atoms with Gasteiger partial charge in [-0.1, -0.05) is 35.9 Å². The number of rotatable bonds is 7. The lowest BCUT2D eigenvalue weighted by Gasteiger charge is -2.32. The van der Waals surface area contributed by atoms with E-state index < -0.39 is 0 Å². The van der Waals surface area contributed by atoms with Crippen molar-refractivity contribution in [1.29, 1.82) is 0 Å². The highest BCUT2D eigenvalue weighted by molar-refractivity contribution is 7.80. The Morgan fingerprint density at radius 3 is 2.72 bits per heavy atom. The molecule has 0 aliphatic carbocycles. The molecule has 1 N–H and O–H groups in total. The van der Waals surface area contributed by atoms with Crippen LogP contribution in [0.25, 0.3) is 11.0 Å². The van der Waals surface area contributed by atoms with Crippen molar-refractivity contribution in [2.75, 3.05) is 44.7 Å². The second-order valence-corrected chi connectivity index (χ2v) is 9.05. The summed E-state index contributed by atoms with van der Waals surface area (Å²) in [6.07, 6.45) is 1.00. The van der Waals surface area contributed by atoms with E-state index in [0.29, 0.717) is 5.11 Å². The molecule has 3 aromatic rings. The topological polar surface area (TPSA) is 40.9 Å². The molecule has 1 atom stereocenters. The lowest BCUT2D eigenvalue weighted by Crippen LogP contribution is -2.41. The fraction of sp³-hybridized carbons (Fsp3) is 0.400. The van der Waals surface area contributed by atoms with E-state index in [0.717, 1.165) is 78.8 Å². The smallest absolute Gasteiger partial charge is 0.174 e. The van der Waals surface area contributed by atoms with Gasteiger partial charge in [-0.2, -0.15) is 0 Å². The number of aryl methyl sites for hydroxylation is 1. The van der Waals surface area contributed by atoms with Gasteiger partial charge in [-0.05, 0) is 62.3 Å². The average molecular weight is 472 g/mol. The van der Waals surface area contributed by atoms with Gasteiger partial charge in [-0.3, -0.25) is 4.90 Å². The summed E-state index contributed by atoms with van der Waals surface area (Å²) in [5.74, 6) is 0.906. The van der Waals surface area contributed by atoms with Crippen molar-refractivity contribution in [3.63, 3.8) is 0 Å². The monoisotopic (exact) mass is 471 g/mol. The van der Waals surface area contributed by atoms with Crippen LogP contribution in [0.4, 0.5) is 5.69 Å². The largest absolute Gasteiger partial charge is 0.459 e. The molecule has 7 heteroatoms. The van der Waals surface area contributed by atoms with Crippen molar-refractivity contribution >= 4 is 45.6 Å². The molecule has 0 spiro atoms. The Bertz CT molecular complexity index is 1030. The zero-order valence-corrected chi connectivity index (χ0v) is 20.2. The third-order valence-corrected chi connectivity index (χ3v) is 6.73. The first kappa shape index (κ1) is 23.1. The van der Waals surface area contributed by atoms with Crippen molar-refractivity contribution in [2.45, 2.75) is 26.3 Å². The minimum Gasteiger partial charge on any atom is -0.459 e. The summed E-state index contributed by atoms with van der Waals surface area (Å²) in [7, 11) is 0. The van der Waals surface area contributed by atoms with Gasteiger partial charge in [0.1, 0.15) is 11.3 Å². The third kappa shape index (κ3) is 5.62. The van der Waals surface area contributed by atoms with Crippen LogP contribution in [0.5, 0.6) is 0 Å². The fourth-order valence-electron chi connectivity index (χ4n) is 3.99. The SMILES string of the molecule is Cc1ccc(NC(=S)N(CCCN2CCOCC2)[C@@H](C)c2cc3ccccc3o2)cc1Cl. The van der Waals surface area contributed by atoms with Gasteiger partial charge in [-0.25, -0.2) is 0 Å². The third-order valence-electron chi connectivity index (χ3n) is 5.98. The highest BCUT2D eigenvalue weighted by Gasteiger charge is 2.23. The summed E-state index contributed by atoms with van der Waals surface area (Å²) in [6.45, 7) is 9.58. The highest BCUT2D eigenvalue weighted by Crippen LogP contribution is 2.29. The van der Waals surface area contributed by atoms with E-state index >= 15 is 0 Å². The van der Waals surface area contributed by atoms with E-state index in [-0.39, 0.29) is 6.04 Å². The molecule has 1 fully saturated rings. The first-order valence-electron chi connectivity index (χ1n) is 11.1. The van der Waals surface area contributed by atoms with Gasteiger partial charge in [0.15, 0.2) is 5.11 Å². The average Bonchev–Trinajstić information content (AvgIpc) is 3.24. The number of nitrogens with one attached hydrogen (secondary N) is 1. The van der Waals surface area contributed by atoms with E-state index in [2.05, 4.69) is 34.2 Å². The first-order valence-corrected chi connectivity index (χ1v) is 11.9. The molecule has 1 aromatic heterocycles. The molecule has 0 bridgehead atoms. The minimum absolute atomic E-state index is 0.00647. The molecular weight excluding hydrogens is 442 g/mol. The number of halogens is 1. The van der Waals surface area contributed by atoms with Crippen LogP contribution in [0.1, 0.15) is 30.7 Å². The molecule has 1 aliphatic heterocycles. The van der Waals surface area contributed by atoms with Crippen LogP contribution in [0.2, 0.25) is 5.02 Å². The summed E-state index contributed by atoms with van der Waals surface area (Å²) in [4.78, 5) is 4.66. The Kier molecular flexibility index (Phi) is 7.68. The van der Waals surface area contributed by atoms with E-state index in [1.54, 1.807) is 0 Å². The molecule has 32 heavy (non-hydrogen) atoms. The predicted molar refractivity (Wildman–Crippen MR) is 136 cm³/mol. The van der Waals surface area contributed by atoms with Crippen LogP contribution in [0.3, 0.4) is 0 Å². The summed E-state index contributed by atoms with van der Waals surface area (Å²) in [5.41, 5.74) is 2.83. The van der Waals surface area contributed by atoms with Gasteiger partial charge in [-0.15, -0.1) is 0 Å². The maximum atomic E-state index is 6.32. The number of anilines is 1. The number of nitrogens with zero attached hydrogens (tertiary/aromatic N) is 2. The van der Waals surface area contributed by atoms with Crippen molar-refractivity contribution < 1.29 is 9.15 Å². The Labute approximate surface area is 200 Å². The molecule has 4 rings (SSSR count). The van der Waals surface area contributed by atoms with Gasteiger partial charge in [0, 0.05) is 42.3 Å². The fourth-order valence-corrected chi connectivity index (χ4v) is 4.54. The Balaban J connectivity index is 1.50. The Morgan fingerprint density at radius 1 is 1.19 bits per heavy atom. The molecule has 1 aliphatic rings. The maximum absolute atomic E-state index is 6.32. The van der Waals surface area contributed by atoms with Crippen molar-refractivity contribution in [3.8, 4) is 0 Å². The summed E-state index contributed by atoms with van der Waals surface area (Å²) < 4.78 is 11.6.